The summed E-state index contributed by atoms with van der Waals surface area (Å²) < 4.78 is 12.3. The molecule has 1 aliphatic rings. The first-order chi connectivity index (χ1) is 6.71. The number of hydrogen-bond acceptors (Lipinski definition) is 1. The summed E-state index contributed by atoms with van der Waals surface area (Å²) in [6.07, 6.45) is 10.2. The van der Waals surface area contributed by atoms with E-state index < -0.39 is 0 Å². The van der Waals surface area contributed by atoms with E-state index in [1.807, 2.05) is 6.08 Å². The Balaban J connectivity index is 2.79. The molecule has 76 valence electrons. The van der Waals surface area contributed by atoms with Crippen LogP contribution in [0, 0.1) is 18.3 Å². The van der Waals surface area contributed by atoms with Crippen molar-refractivity contribution in [1.29, 1.82) is 0 Å². The largest absolute Gasteiger partial charge is 0.159 e. The van der Waals surface area contributed by atoms with Crippen LogP contribution in [-0.2, 0) is 0 Å². The number of hydrogen-bond donors (Lipinski definition) is 0. The highest BCUT2D eigenvalue weighted by Gasteiger charge is 2.20. The second-order valence-electron chi connectivity index (χ2n) is 3.73. The molecule has 0 unspecified atom stereocenters. The van der Waals surface area contributed by atoms with Gasteiger partial charge in [-0.3, -0.25) is 0 Å². The zero-order valence-corrected chi connectivity index (χ0v) is 9.46. The molecule has 0 aliphatic heterocycles. The van der Waals surface area contributed by atoms with E-state index in [9.17, 15) is 3.89 Å². The van der Waals surface area contributed by atoms with Crippen molar-refractivity contribution in [2.45, 2.75) is 33.1 Å². The van der Waals surface area contributed by atoms with Crippen LogP contribution in [0.15, 0.2) is 22.1 Å². The number of rotatable bonds is 3. The summed E-state index contributed by atoms with van der Waals surface area (Å²) in [6.45, 7) is 4.31. The van der Waals surface area contributed by atoms with Crippen LogP contribution in [0.25, 0.3) is 0 Å². The monoisotopic (exact) mass is 210 g/mol. The maximum absolute atomic E-state index is 12.3. The summed E-state index contributed by atoms with van der Waals surface area (Å²) >= 11 is 0.157. The van der Waals surface area contributed by atoms with Crippen LogP contribution in [0.3, 0.4) is 0 Å². The van der Waals surface area contributed by atoms with Crippen molar-refractivity contribution in [2.24, 2.45) is 5.92 Å². The van der Waals surface area contributed by atoms with Gasteiger partial charge in [0.2, 0.25) is 0 Å². The summed E-state index contributed by atoms with van der Waals surface area (Å²) in [4.78, 5) is 0.383. The molecule has 0 aromatic heterocycles. The SMILES string of the molecule is C#C/C(=C\C(CC)=C1CC(C)C1)SF. The molecule has 0 saturated heterocycles. The van der Waals surface area contributed by atoms with Gasteiger partial charge in [-0.25, -0.2) is 0 Å². The maximum Gasteiger partial charge on any atom is 0.0906 e. The normalized spacial score (nSPS) is 21.4. The van der Waals surface area contributed by atoms with Gasteiger partial charge in [-0.1, -0.05) is 25.3 Å². The van der Waals surface area contributed by atoms with Gasteiger partial charge in [0.1, 0.15) is 0 Å². The van der Waals surface area contributed by atoms with Crippen LogP contribution in [0.2, 0.25) is 0 Å². The summed E-state index contributed by atoms with van der Waals surface area (Å²) in [5.74, 6) is 3.13. The standard InChI is InChI=1S/C12H15FS/c1-4-10(8-12(5-2)14-13)11-6-9(3)7-11/h2,8-9H,4,6-7H2,1,3H3/b11-10?,12-8+. The predicted octanol–water partition coefficient (Wildman–Crippen LogP) is 4.26. The molecule has 0 amide bonds. The Morgan fingerprint density at radius 1 is 1.71 bits per heavy atom. The van der Waals surface area contributed by atoms with Gasteiger partial charge in [-0.05, 0) is 36.8 Å². The van der Waals surface area contributed by atoms with Crippen LogP contribution in [0.4, 0.5) is 3.89 Å². The van der Waals surface area contributed by atoms with E-state index in [1.165, 1.54) is 11.1 Å². The van der Waals surface area contributed by atoms with Gasteiger partial charge in [-0.2, -0.15) is 3.89 Å². The van der Waals surface area contributed by atoms with Gasteiger partial charge >= 0.3 is 0 Å². The zero-order chi connectivity index (χ0) is 10.6. The number of terminal acetylenes is 1. The van der Waals surface area contributed by atoms with E-state index in [0.717, 1.165) is 25.2 Å². The Bertz CT molecular complexity index is 299. The predicted molar refractivity (Wildman–Crippen MR) is 61.3 cm³/mol. The average molecular weight is 210 g/mol. The van der Waals surface area contributed by atoms with Gasteiger partial charge in [0.25, 0.3) is 0 Å². The third-order valence-corrected chi connectivity index (χ3v) is 2.96. The van der Waals surface area contributed by atoms with E-state index in [0.29, 0.717) is 4.91 Å². The Hall–Kier alpha value is -0.680. The molecular weight excluding hydrogens is 195 g/mol. The lowest BCUT2D eigenvalue weighted by Gasteiger charge is -2.28. The minimum Gasteiger partial charge on any atom is -0.159 e. The molecule has 14 heavy (non-hydrogen) atoms. The third-order valence-electron chi connectivity index (χ3n) is 2.56. The second kappa shape index (κ2) is 5.26. The van der Waals surface area contributed by atoms with Crippen molar-refractivity contribution in [3.05, 3.63) is 22.1 Å². The van der Waals surface area contributed by atoms with Gasteiger partial charge in [-0.15, -0.1) is 6.42 Å². The highest BCUT2D eigenvalue weighted by molar-refractivity contribution is 7.98. The van der Waals surface area contributed by atoms with Crippen molar-refractivity contribution < 1.29 is 3.89 Å². The Labute approximate surface area is 90.0 Å². The first-order valence-electron chi connectivity index (χ1n) is 4.89. The van der Waals surface area contributed by atoms with E-state index >= 15 is 0 Å². The molecule has 0 radical (unpaired) electrons. The lowest BCUT2D eigenvalue weighted by atomic mass is 9.78. The lowest BCUT2D eigenvalue weighted by Crippen LogP contribution is -2.12. The summed E-state index contributed by atoms with van der Waals surface area (Å²) in [7, 11) is 0. The fraction of sp³-hybridized carbons (Fsp3) is 0.500. The van der Waals surface area contributed by atoms with Crippen molar-refractivity contribution >= 4 is 12.1 Å². The molecular formula is C12H15FS. The van der Waals surface area contributed by atoms with Crippen LogP contribution in [0.1, 0.15) is 33.1 Å². The highest BCUT2D eigenvalue weighted by atomic mass is 32.2. The van der Waals surface area contributed by atoms with E-state index in [4.69, 9.17) is 6.42 Å². The first-order valence-corrected chi connectivity index (χ1v) is 5.60. The van der Waals surface area contributed by atoms with Gasteiger partial charge in [0, 0.05) is 0 Å². The molecule has 1 rings (SSSR count). The first kappa shape index (κ1) is 11.4. The molecule has 0 N–H and O–H groups in total. The van der Waals surface area contributed by atoms with Gasteiger partial charge in [0.15, 0.2) is 0 Å². The molecule has 1 fully saturated rings. The number of allylic oxidation sites excluding steroid dienone is 4. The van der Waals surface area contributed by atoms with Crippen LogP contribution in [0.5, 0.6) is 0 Å². The van der Waals surface area contributed by atoms with Crippen LogP contribution in [-0.4, -0.2) is 0 Å². The molecule has 0 aromatic carbocycles. The molecule has 0 nitrogen and oxygen atoms in total. The zero-order valence-electron chi connectivity index (χ0n) is 8.64. The highest BCUT2D eigenvalue weighted by Crippen LogP contribution is 2.36. The molecule has 0 bridgehead atoms. The van der Waals surface area contributed by atoms with E-state index in [1.54, 1.807) is 0 Å². The Kier molecular flexibility index (Phi) is 4.28. The van der Waals surface area contributed by atoms with Gasteiger partial charge in [0.05, 0.1) is 17.1 Å². The minimum absolute atomic E-state index is 0.157. The molecule has 0 atom stereocenters. The molecule has 2 heteroatoms. The second-order valence-corrected chi connectivity index (χ2v) is 4.32. The van der Waals surface area contributed by atoms with Crippen molar-refractivity contribution in [1.82, 2.24) is 0 Å². The molecule has 1 saturated carbocycles. The molecule has 0 heterocycles. The Morgan fingerprint density at radius 2 is 2.36 bits per heavy atom. The topological polar surface area (TPSA) is 0 Å². The minimum atomic E-state index is 0.157. The van der Waals surface area contributed by atoms with Crippen molar-refractivity contribution in [2.75, 3.05) is 0 Å². The average Bonchev–Trinajstić information content (AvgIpc) is 2.16. The molecule has 0 aromatic rings. The summed E-state index contributed by atoms with van der Waals surface area (Å²) in [5.41, 5.74) is 2.67. The fourth-order valence-electron chi connectivity index (χ4n) is 1.74. The molecule has 1 aliphatic carbocycles. The fourth-order valence-corrected chi connectivity index (χ4v) is 1.97. The third kappa shape index (κ3) is 2.65. The summed E-state index contributed by atoms with van der Waals surface area (Å²) in [5, 5.41) is 0. The summed E-state index contributed by atoms with van der Waals surface area (Å²) in [6, 6.07) is 0. The molecule has 0 spiro atoms. The Morgan fingerprint density at radius 3 is 2.71 bits per heavy atom. The lowest BCUT2D eigenvalue weighted by molar-refractivity contribution is 0.454. The van der Waals surface area contributed by atoms with Crippen molar-refractivity contribution in [3.8, 4) is 12.3 Å². The quantitative estimate of drug-likeness (QED) is 0.627. The smallest absolute Gasteiger partial charge is 0.0906 e. The van der Waals surface area contributed by atoms with Gasteiger partial charge < -0.3 is 0 Å². The van der Waals surface area contributed by atoms with E-state index in [2.05, 4.69) is 19.8 Å². The maximum atomic E-state index is 12.3. The van der Waals surface area contributed by atoms with Crippen LogP contribution >= 0.6 is 12.1 Å². The number of halogens is 1. The van der Waals surface area contributed by atoms with E-state index in [-0.39, 0.29) is 12.1 Å². The van der Waals surface area contributed by atoms with Crippen molar-refractivity contribution in [3.63, 3.8) is 0 Å². The van der Waals surface area contributed by atoms with Crippen LogP contribution < -0.4 is 0 Å².